The SMILES string of the molecule is CC(C)NC(=O)COCc1cccc(Cl)c1. The molecule has 0 spiro atoms. The lowest BCUT2D eigenvalue weighted by Crippen LogP contribution is -2.33. The highest BCUT2D eigenvalue weighted by molar-refractivity contribution is 6.30. The maximum atomic E-state index is 11.2. The van der Waals surface area contributed by atoms with Gasteiger partial charge in [0, 0.05) is 11.1 Å². The number of carbonyl (C=O) groups is 1. The molecule has 0 aliphatic heterocycles. The molecular weight excluding hydrogens is 226 g/mol. The van der Waals surface area contributed by atoms with Gasteiger partial charge < -0.3 is 10.1 Å². The molecule has 1 amide bonds. The summed E-state index contributed by atoms with van der Waals surface area (Å²) in [7, 11) is 0. The zero-order valence-electron chi connectivity index (χ0n) is 9.50. The maximum absolute atomic E-state index is 11.2. The summed E-state index contributed by atoms with van der Waals surface area (Å²) in [5.74, 6) is -0.1000. The summed E-state index contributed by atoms with van der Waals surface area (Å²) >= 11 is 5.82. The fraction of sp³-hybridized carbons (Fsp3) is 0.417. The van der Waals surface area contributed by atoms with Crippen LogP contribution in [0.15, 0.2) is 24.3 Å². The molecule has 88 valence electrons. The van der Waals surface area contributed by atoms with Crippen LogP contribution in [0.2, 0.25) is 5.02 Å². The molecule has 0 heterocycles. The van der Waals surface area contributed by atoms with Crippen LogP contribution in [0.1, 0.15) is 19.4 Å². The van der Waals surface area contributed by atoms with Crippen molar-refractivity contribution < 1.29 is 9.53 Å². The van der Waals surface area contributed by atoms with E-state index in [4.69, 9.17) is 16.3 Å². The van der Waals surface area contributed by atoms with Crippen LogP contribution >= 0.6 is 11.6 Å². The van der Waals surface area contributed by atoms with Crippen molar-refractivity contribution in [1.29, 1.82) is 0 Å². The molecule has 1 aromatic rings. The van der Waals surface area contributed by atoms with Gasteiger partial charge >= 0.3 is 0 Å². The topological polar surface area (TPSA) is 38.3 Å². The van der Waals surface area contributed by atoms with Crippen LogP contribution in [0.25, 0.3) is 0 Å². The maximum Gasteiger partial charge on any atom is 0.246 e. The van der Waals surface area contributed by atoms with E-state index in [-0.39, 0.29) is 18.6 Å². The van der Waals surface area contributed by atoms with Gasteiger partial charge in [0.05, 0.1) is 6.61 Å². The van der Waals surface area contributed by atoms with Crippen molar-refractivity contribution in [1.82, 2.24) is 5.32 Å². The van der Waals surface area contributed by atoms with Gasteiger partial charge in [0.2, 0.25) is 5.91 Å². The number of carbonyl (C=O) groups excluding carboxylic acids is 1. The lowest BCUT2D eigenvalue weighted by molar-refractivity contribution is -0.126. The van der Waals surface area contributed by atoms with Crippen LogP contribution in [0.3, 0.4) is 0 Å². The molecule has 4 heteroatoms. The monoisotopic (exact) mass is 241 g/mol. The van der Waals surface area contributed by atoms with Crippen LogP contribution in [0.4, 0.5) is 0 Å². The molecule has 16 heavy (non-hydrogen) atoms. The Morgan fingerprint density at radius 3 is 2.88 bits per heavy atom. The first-order valence-electron chi connectivity index (χ1n) is 5.19. The van der Waals surface area contributed by atoms with E-state index in [1.54, 1.807) is 6.07 Å². The van der Waals surface area contributed by atoms with Crippen LogP contribution in [-0.4, -0.2) is 18.6 Å². The zero-order valence-corrected chi connectivity index (χ0v) is 10.3. The van der Waals surface area contributed by atoms with Crippen molar-refractivity contribution in [3.8, 4) is 0 Å². The van der Waals surface area contributed by atoms with E-state index in [9.17, 15) is 4.79 Å². The highest BCUT2D eigenvalue weighted by atomic mass is 35.5. The molecule has 0 aliphatic rings. The fourth-order valence-electron chi connectivity index (χ4n) is 1.25. The zero-order chi connectivity index (χ0) is 12.0. The lowest BCUT2D eigenvalue weighted by atomic mass is 10.2. The third kappa shape index (κ3) is 5.14. The Hall–Kier alpha value is -1.06. The molecular formula is C12H16ClNO2. The number of rotatable bonds is 5. The second kappa shape index (κ2) is 6.51. The van der Waals surface area contributed by atoms with Crippen molar-refractivity contribution in [2.24, 2.45) is 0 Å². The summed E-state index contributed by atoms with van der Waals surface area (Å²) in [5, 5.41) is 3.42. The minimum Gasteiger partial charge on any atom is -0.367 e. The molecule has 0 unspecified atom stereocenters. The minimum atomic E-state index is -0.1000. The van der Waals surface area contributed by atoms with Crippen molar-refractivity contribution in [2.45, 2.75) is 26.5 Å². The molecule has 0 saturated heterocycles. The van der Waals surface area contributed by atoms with Crippen molar-refractivity contribution in [3.63, 3.8) is 0 Å². The number of amides is 1. The molecule has 0 aromatic heterocycles. The molecule has 1 rings (SSSR count). The van der Waals surface area contributed by atoms with E-state index in [0.29, 0.717) is 11.6 Å². The summed E-state index contributed by atoms with van der Waals surface area (Å²) in [6, 6.07) is 7.53. The van der Waals surface area contributed by atoms with E-state index >= 15 is 0 Å². The summed E-state index contributed by atoms with van der Waals surface area (Å²) in [5.41, 5.74) is 0.963. The Morgan fingerprint density at radius 1 is 1.50 bits per heavy atom. The number of nitrogens with one attached hydrogen (secondary N) is 1. The molecule has 3 nitrogen and oxygen atoms in total. The van der Waals surface area contributed by atoms with Crippen molar-refractivity contribution in [2.75, 3.05) is 6.61 Å². The Labute approximate surface area is 101 Å². The molecule has 0 radical (unpaired) electrons. The summed E-state index contributed by atoms with van der Waals surface area (Å²) in [6.45, 7) is 4.29. The van der Waals surface area contributed by atoms with E-state index in [2.05, 4.69) is 5.32 Å². The predicted molar refractivity (Wildman–Crippen MR) is 64.4 cm³/mol. The van der Waals surface area contributed by atoms with E-state index in [0.717, 1.165) is 5.56 Å². The van der Waals surface area contributed by atoms with Crippen LogP contribution < -0.4 is 5.32 Å². The average Bonchev–Trinajstić information content (AvgIpc) is 2.16. The quantitative estimate of drug-likeness (QED) is 0.860. The van der Waals surface area contributed by atoms with Gasteiger partial charge in [-0.05, 0) is 31.5 Å². The van der Waals surface area contributed by atoms with Crippen LogP contribution in [-0.2, 0) is 16.1 Å². The first kappa shape index (κ1) is 13.0. The largest absolute Gasteiger partial charge is 0.367 e. The Balaban J connectivity index is 2.28. The minimum absolute atomic E-state index is 0.0741. The van der Waals surface area contributed by atoms with Gasteiger partial charge in [0.15, 0.2) is 0 Å². The highest BCUT2D eigenvalue weighted by Gasteiger charge is 2.03. The predicted octanol–water partition coefficient (Wildman–Crippen LogP) is 2.38. The number of hydrogen-bond acceptors (Lipinski definition) is 2. The van der Waals surface area contributed by atoms with Gasteiger partial charge in [-0.3, -0.25) is 4.79 Å². The smallest absolute Gasteiger partial charge is 0.246 e. The molecule has 1 aromatic carbocycles. The van der Waals surface area contributed by atoms with E-state index < -0.39 is 0 Å². The molecule has 0 saturated carbocycles. The lowest BCUT2D eigenvalue weighted by Gasteiger charge is -2.08. The summed E-state index contributed by atoms with van der Waals surface area (Å²) < 4.78 is 5.27. The summed E-state index contributed by atoms with van der Waals surface area (Å²) in [6.07, 6.45) is 0. The van der Waals surface area contributed by atoms with Gasteiger partial charge in [0.25, 0.3) is 0 Å². The number of halogens is 1. The van der Waals surface area contributed by atoms with E-state index in [1.807, 2.05) is 32.0 Å². The van der Waals surface area contributed by atoms with Gasteiger partial charge in [0.1, 0.15) is 6.61 Å². The van der Waals surface area contributed by atoms with Crippen molar-refractivity contribution >= 4 is 17.5 Å². The first-order valence-corrected chi connectivity index (χ1v) is 5.57. The van der Waals surface area contributed by atoms with E-state index in [1.165, 1.54) is 0 Å². The third-order valence-corrected chi connectivity index (χ3v) is 2.08. The second-order valence-corrected chi connectivity index (χ2v) is 4.28. The first-order chi connectivity index (χ1) is 7.58. The summed E-state index contributed by atoms with van der Waals surface area (Å²) in [4.78, 5) is 11.2. The molecule has 0 fully saturated rings. The van der Waals surface area contributed by atoms with Crippen molar-refractivity contribution in [3.05, 3.63) is 34.9 Å². The number of ether oxygens (including phenoxy) is 1. The number of hydrogen-bond donors (Lipinski definition) is 1. The molecule has 0 bridgehead atoms. The van der Waals surface area contributed by atoms with Gasteiger partial charge in [-0.25, -0.2) is 0 Å². The Bertz CT molecular complexity index is 353. The van der Waals surface area contributed by atoms with Crippen LogP contribution in [0.5, 0.6) is 0 Å². The Morgan fingerprint density at radius 2 is 2.25 bits per heavy atom. The molecule has 0 aliphatic carbocycles. The number of benzene rings is 1. The highest BCUT2D eigenvalue weighted by Crippen LogP contribution is 2.11. The fourth-order valence-corrected chi connectivity index (χ4v) is 1.46. The van der Waals surface area contributed by atoms with Gasteiger partial charge in [-0.2, -0.15) is 0 Å². The normalized spacial score (nSPS) is 10.5. The second-order valence-electron chi connectivity index (χ2n) is 3.84. The third-order valence-electron chi connectivity index (χ3n) is 1.84. The molecule has 0 atom stereocenters. The average molecular weight is 242 g/mol. The van der Waals surface area contributed by atoms with Crippen LogP contribution in [0, 0.1) is 0 Å². The van der Waals surface area contributed by atoms with Gasteiger partial charge in [-0.15, -0.1) is 0 Å². The molecule has 1 N–H and O–H groups in total. The van der Waals surface area contributed by atoms with Gasteiger partial charge in [-0.1, -0.05) is 23.7 Å². The standard InChI is InChI=1S/C12H16ClNO2/c1-9(2)14-12(15)8-16-7-10-4-3-5-11(13)6-10/h3-6,9H,7-8H2,1-2H3,(H,14,15). The Kier molecular flexibility index (Phi) is 5.29.